The third-order valence-corrected chi connectivity index (χ3v) is 3.21. The van der Waals surface area contributed by atoms with Gasteiger partial charge in [0.25, 0.3) is 0 Å². The number of nitrogens with zero attached hydrogens (tertiary/aromatic N) is 2. The molecule has 0 radical (unpaired) electrons. The number of primary amides is 1. The van der Waals surface area contributed by atoms with E-state index in [4.69, 9.17) is 5.73 Å². The highest BCUT2D eigenvalue weighted by atomic mass is 19.4. The molecule has 0 saturated carbocycles. The monoisotopic (exact) mass is 309 g/mol. The SMILES string of the molecule is NC(=O)Cc1ccccc1CCc1ncncc1C(F)(F)F. The minimum Gasteiger partial charge on any atom is -0.369 e. The van der Waals surface area contributed by atoms with Gasteiger partial charge in [-0.05, 0) is 24.0 Å². The predicted molar refractivity (Wildman–Crippen MR) is 73.8 cm³/mol. The summed E-state index contributed by atoms with van der Waals surface area (Å²) in [6, 6.07) is 7.04. The molecule has 0 aliphatic heterocycles. The standard InChI is InChI=1S/C15H14F3N3O/c16-15(17,18)12-8-20-9-21-13(12)6-5-10-3-1-2-4-11(10)7-14(19)22/h1-4,8-9H,5-7H2,(H2,19,22). The van der Waals surface area contributed by atoms with Gasteiger partial charge in [-0.3, -0.25) is 4.79 Å². The zero-order chi connectivity index (χ0) is 16.2. The van der Waals surface area contributed by atoms with E-state index in [2.05, 4.69) is 9.97 Å². The van der Waals surface area contributed by atoms with Crippen LogP contribution in [-0.2, 0) is 30.2 Å². The fourth-order valence-corrected chi connectivity index (χ4v) is 2.21. The van der Waals surface area contributed by atoms with E-state index >= 15 is 0 Å². The number of nitrogens with two attached hydrogens (primary N) is 1. The number of benzene rings is 1. The van der Waals surface area contributed by atoms with Crippen LogP contribution in [-0.4, -0.2) is 15.9 Å². The third kappa shape index (κ3) is 4.03. The molecule has 0 spiro atoms. The average molecular weight is 309 g/mol. The van der Waals surface area contributed by atoms with Crippen molar-refractivity contribution in [1.82, 2.24) is 9.97 Å². The Morgan fingerprint density at radius 2 is 1.82 bits per heavy atom. The van der Waals surface area contributed by atoms with Crippen molar-refractivity contribution < 1.29 is 18.0 Å². The van der Waals surface area contributed by atoms with Crippen molar-refractivity contribution in [2.45, 2.75) is 25.4 Å². The Bertz CT molecular complexity index is 671. The molecule has 0 aliphatic rings. The van der Waals surface area contributed by atoms with E-state index in [0.717, 1.165) is 23.7 Å². The van der Waals surface area contributed by atoms with Crippen molar-refractivity contribution in [3.8, 4) is 0 Å². The molecule has 22 heavy (non-hydrogen) atoms. The molecule has 2 N–H and O–H groups in total. The van der Waals surface area contributed by atoms with Gasteiger partial charge in [0, 0.05) is 6.20 Å². The van der Waals surface area contributed by atoms with Gasteiger partial charge in [-0.15, -0.1) is 0 Å². The van der Waals surface area contributed by atoms with Crippen molar-refractivity contribution >= 4 is 5.91 Å². The highest BCUT2D eigenvalue weighted by Gasteiger charge is 2.34. The van der Waals surface area contributed by atoms with Crippen LogP contribution in [0.2, 0.25) is 0 Å². The van der Waals surface area contributed by atoms with Crippen molar-refractivity contribution in [3.63, 3.8) is 0 Å². The van der Waals surface area contributed by atoms with Crippen molar-refractivity contribution in [3.05, 3.63) is 59.2 Å². The zero-order valence-corrected chi connectivity index (χ0v) is 11.6. The predicted octanol–water partition coefficient (Wildman–Crippen LogP) is 2.31. The first-order valence-corrected chi connectivity index (χ1v) is 6.59. The number of carbonyl (C=O) groups excluding carboxylic acids is 1. The van der Waals surface area contributed by atoms with Crippen LogP contribution in [0, 0.1) is 0 Å². The van der Waals surface area contributed by atoms with E-state index in [1.54, 1.807) is 24.3 Å². The summed E-state index contributed by atoms with van der Waals surface area (Å²) in [6.45, 7) is 0. The van der Waals surface area contributed by atoms with E-state index < -0.39 is 17.6 Å². The first-order chi connectivity index (χ1) is 10.4. The lowest BCUT2D eigenvalue weighted by atomic mass is 9.98. The molecule has 1 amide bonds. The normalized spacial score (nSPS) is 11.4. The number of carbonyl (C=O) groups is 1. The number of halogens is 3. The summed E-state index contributed by atoms with van der Waals surface area (Å²) >= 11 is 0. The second-order valence-corrected chi connectivity index (χ2v) is 4.79. The summed E-state index contributed by atoms with van der Waals surface area (Å²) in [5.74, 6) is -0.481. The summed E-state index contributed by atoms with van der Waals surface area (Å²) in [5.41, 5.74) is 5.79. The van der Waals surface area contributed by atoms with Crippen LogP contribution in [0.3, 0.4) is 0 Å². The molecule has 2 rings (SSSR count). The molecule has 1 heterocycles. The maximum Gasteiger partial charge on any atom is 0.419 e. The van der Waals surface area contributed by atoms with Crippen LogP contribution in [0.5, 0.6) is 0 Å². The summed E-state index contributed by atoms with van der Waals surface area (Å²) in [5, 5.41) is 0. The molecule has 0 unspecified atom stereocenters. The van der Waals surface area contributed by atoms with Gasteiger partial charge in [-0.25, -0.2) is 9.97 Å². The smallest absolute Gasteiger partial charge is 0.369 e. The lowest BCUT2D eigenvalue weighted by molar-refractivity contribution is -0.138. The molecule has 116 valence electrons. The highest BCUT2D eigenvalue weighted by molar-refractivity contribution is 5.77. The van der Waals surface area contributed by atoms with Crippen LogP contribution in [0.1, 0.15) is 22.4 Å². The van der Waals surface area contributed by atoms with Crippen LogP contribution < -0.4 is 5.73 Å². The van der Waals surface area contributed by atoms with Gasteiger partial charge in [0.05, 0.1) is 17.7 Å². The second kappa shape index (κ2) is 6.55. The van der Waals surface area contributed by atoms with E-state index in [0.29, 0.717) is 6.42 Å². The van der Waals surface area contributed by atoms with Gasteiger partial charge in [-0.1, -0.05) is 24.3 Å². The van der Waals surface area contributed by atoms with Crippen LogP contribution in [0.25, 0.3) is 0 Å². The van der Waals surface area contributed by atoms with E-state index in [1.165, 1.54) is 0 Å². The molecule has 1 aromatic carbocycles. The molecule has 0 atom stereocenters. The van der Waals surface area contributed by atoms with E-state index in [1.807, 2.05) is 0 Å². The summed E-state index contributed by atoms with van der Waals surface area (Å²) < 4.78 is 38.7. The van der Waals surface area contributed by atoms with Gasteiger partial charge in [-0.2, -0.15) is 13.2 Å². The number of alkyl halides is 3. The Morgan fingerprint density at radius 3 is 2.45 bits per heavy atom. The van der Waals surface area contributed by atoms with Gasteiger partial charge < -0.3 is 5.73 Å². The Labute approximate surface area is 125 Å². The van der Waals surface area contributed by atoms with Crippen LogP contribution in [0.4, 0.5) is 13.2 Å². The Hall–Kier alpha value is -2.44. The molecule has 7 heteroatoms. The lowest BCUT2D eigenvalue weighted by Crippen LogP contribution is -2.15. The van der Waals surface area contributed by atoms with Gasteiger partial charge in [0.1, 0.15) is 6.33 Å². The topological polar surface area (TPSA) is 68.9 Å². The van der Waals surface area contributed by atoms with Crippen LogP contribution in [0.15, 0.2) is 36.8 Å². The molecule has 0 fully saturated rings. The molecule has 0 saturated heterocycles. The van der Waals surface area contributed by atoms with Crippen molar-refractivity contribution in [2.75, 3.05) is 0 Å². The average Bonchev–Trinajstić information content (AvgIpc) is 2.45. The Morgan fingerprint density at radius 1 is 1.14 bits per heavy atom. The molecule has 4 nitrogen and oxygen atoms in total. The summed E-state index contributed by atoms with van der Waals surface area (Å²) in [6.07, 6.45) is -2.11. The molecular formula is C15H14F3N3O. The fraction of sp³-hybridized carbons (Fsp3) is 0.267. The number of aryl methyl sites for hydroxylation is 2. The molecular weight excluding hydrogens is 295 g/mol. The maximum absolute atomic E-state index is 12.9. The largest absolute Gasteiger partial charge is 0.419 e. The highest BCUT2D eigenvalue weighted by Crippen LogP contribution is 2.31. The quantitative estimate of drug-likeness (QED) is 0.921. The molecule has 0 bridgehead atoms. The molecule has 1 aromatic heterocycles. The Kier molecular flexibility index (Phi) is 4.75. The third-order valence-electron chi connectivity index (χ3n) is 3.21. The first-order valence-electron chi connectivity index (χ1n) is 6.59. The number of rotatable bonds is 5. The molecule has 0 aliphatic carbocycles. The van der Waals surface area contributed by atoms with E-state index in [-0.39, 0.29) is 18.5 Å². The summed E-state index contributed by atoms with van der Waals surface area (Å²) in [7, 11) is 0. The Balaban J connectivity index is 2.20. The van der Waals surface area contributed by atoms with Crippen molar-refractivity contribution in [2.24, 2.45) is 5.73 Å². The lowest BCUT2D eigenvalue weighted by Gasteiger charge is -2.12. The number of hydrogen-bond acceptors (Lipinski definition) is 3. The maximum atomic E-state index is 12.9. The van der Waals surface area contributed by atoms with Gasteiger partial charge in [0.15, 0.2) is 0 Å². The minimum atomic E-state index is -4.48. The van der Waals surface area contributed by atoms with Gasteiger partial charge >= 0.3 is 6.18 Å². The summed E-state index contributed by atoms with van der Waals surface area (Å²) in [4.78, 5) is 18.2. The van der Waals surface area contributed by atoms with Crippen molar-refractivity contribution in [1.29, 1.82) is 0 Å². The minimum absolute atomic E-state index is 0.0589. The fourth-order valence-electron chi connectivity index (χ4n) is 2.21. The number of hydrogen-bond donors (Lipinski definition) is 1. The zero-order valence-electron chi connectivity index (χ0n) is 11.6. The second-order valence-electron chi connectivity index (χ2n) is 4.79. The molecule has 2 aromatic rings. The number of amides is 1. The first kappa shape index (κ1) is 15.9. The number of aromatic nitrogens is 2. The van der Waals surface area contributed by atoms with Crippen LogP contribution >= 0.6 is 0 Å². The van der Waals surface area contributed by atoms with E-state index in [9.17, 15) is 18.0 Å². The van der Waals surface area contributed by atoms with Gasteiger partial charge in [0.2, 0.25) is 5.91 Å².